The Bertz CT molecular complexity index is 895. The molecule has 0 spiro atoms. The Morgan fingerprint density at radius 2 is 1.79 bits per heavy atom. The van der Waals surface area contributed by atoms with Gasteiger partial charge < -0.3 is 19.7 Å². The molecule has 0 aliphatic heterocycles. The molecule has 2 amide bonds. The van der Waals surface area contributed by atoms with E-state index in [2.05, 4.69) is 5.32 Å². The SMILES string of the molecule is CCN(CC(=O)Nc1c(F)cccc1F)C(=O)/C=C/c1cc(OC)ccc1OC. The van der Waals surface area contributed by atoms with E-state index < -0.39 is 29.1 Å². The number of benzene rings is 2. The Morgan fingerprint density at radius 3 is 2.38 bits per heavy atom. The molecule has 0 radical (unpaired) electrons. The van der Waals surface area contributed by atoms with Crippen molar-refractivity contribution in [2.45, 2.75) is 6.92 Å². The maximum Gasteiger partial charge on any atom is 0.247 e. The van der Waals surface area contributed by atoms with Gasteiger partial charge in [0.05, 0.1) is 14.2 Å². The molecule has 0 atom stereocenters. The van der Waals surface area contributed by atoms with Crippen LogP contribution in [0.25, 0.3) is 6.08 Å². The fourth-order valence-corrected chi connectivity index (χ4v) is 2.55. The van der Waals surface area contributed by atoms with Gasteiger partial charge in [0.1, 0.15) is 35.4 Å². The summed E-state index contributed by atoms with van der Waals surface area (Å²) in [6.45, 7) is 1.56. The molecule has 0 heterocycles. The number of methoxy groups -OCH3 is 2. The number of anilines is 1. The largest absolute Gasteiger partial charge is 0.497 e. The Labute approximate surface area is 167 Å². The Balaban J connectivity index is 2.09. The van der Waals surface area contributed by atoms with Gasteiger partial charge in [-0.2, -0.15) is 0 Å². The van der Waals surface area contributed by atoms with Crippen molar-refractivity contribution >= 4 is 23.6 Å². The molecular weight excluding hydrogens is 382 g/mol. The van der Waals surface area contributed by atoms with Crippen LogP contribution in [0.4, 0.5) is 14.5 Å². The van der Waals surface area contributed by atoms with Gasteiger partial charge >= 0.3 is 0 Å². The number of amides is 2. The fraction of sp³-hybridized carbons (Fsp3) is 0.238. The standard InChI is InChI=1S/C21H22F2N2O4/c1-4-25(13-19(26)24-21-16(22)6-5-7-17(21)23)20(27)11-8-14-12-15(28-2)9-10-18(14)29-3/h5-12H,4,13H2,1-3H3,(H,24,26)/b11-8+. The molecule has 0 bridgehead atoms. The van der Waals surface area contributed by atoms with Crippen molar-refractivity contribution in [1.82, 2.24) is 4.90 Å². The Morgan fingerprint density at radius 1 is 1.10 bits per heavy atom. The number of hydrogen-bond acceptors (Lipinski definition) is 4. The lowest BCUT2D eigenvalue weighted by Gasteiger charge is -2.19. The summed E-state index contributed by atoms with van der Waals surface area (Å²) in [4.78, 5) is 25.8. The van der Waals surface area contributed by atoms with Crippen LogP contribution in [0.3, 0.4) is 0 Å². The minimum absolute atomic E-state index is 0.228. The zero-order chi connectivity index (χ0) is 21.4. The maximum absolute atomic E-state index is 13.7. The predicted molar refractivity (Wildman–Crippen MR) is 106 cm³/mol. The highest BCUT2D eigenvalue weighted by Gasteiger charge is 2.17. The Kier molecular flexibility index (Phi) is 7.70. The number of para-hydroxylation sites is 1. The van der Waals surface area contributed by atoms with Gasteiger partial charge in [0.15, 0.2) is 0 Å². The zero-order valence-electron chi connectivity index (χ0n) is 16.4. The van der Waals surface area contributed by atoms with Crippen LogP contribution < -0.4 is 14.8 Å². The van der Waals surface area contributed by atoms with E-state index in [9.17, 15) is 18.4 Å². The number of nitrogens with zero attached hydrogens (tertiary/aromatic N) is 1. The number of carbonyl (C=O) groups excluding carboxylic acids is 2. The topological polar surface area (TPSA) is 67.9 Å². The number of halogens is 2. The number of carbonyl (C=O) groups is 2. The summed E-state index contributed by atoms with van der Waals surface area (Å²) in [7, 11) is 3.03. The molecule has 1 N–H and O–H groups in total. The van der Waals surface area contributed by atoms with E-state index in [0.29, 0.717) is 17.1 Å². The van der Waals surface area contributed by atoms with Crippen LogP contribution in [-0.2, 0) is 9.59 Å². The second-order valence-corrected chi connectivity index (χ2v) is 5.94. The smallest absolute Gasteiger partial charge is 0.247 e. The fourth-order valence-electron chi connectivity index (χ4n) is 2.55. The highest BCUT2D eigenvalue weighted by Crippen LogP contribution is 2.25. The van der Waals surface area contributed by atoms with Crippen LogP contribution in [0.2, 0.25) is 0 Å². The molecule has 0 aromatic heterocycles. The molecule has 0 saturated heterocycles. The Hall–Kier alpha value is -3.42. The summed E-state index contributed by atoms with van der Waals surface area (Å²) in [6, 6.07) is 8.39. The van der Waals surface area contributed by atoms with Crippen LogP contribution in [0, 0.1) is 11.6 Å². The highest BCUT2D eigenvalue weighted by molar-refractivity contribution is 5.98. The lowest BCUT2D eigenvalue weighted by atomic mass is 10.1. The van der Waals surface area contributed by atoms with E-state index in [1.165, 1.54) is 31.3 Å². The number of hydrogen-bond donors (Lipinski definition) is 1. The molecule has 2 aromatic rings. The van der Waals surface area contributed by atoms with E-state index in [1.807, 2.05) is 0 Å². The van der Waals surface area contributed by atoms with Gasteiger partial charge in [-0.05, 0) is 43.3 Å². The molecule has 0 fully saturated rings. The van der Waals surface area contributed by atoms with E-state index >= 15 is 0 Å². The third kappa shape index (κ3) is 5.78. The van der Waals surface area contributed by atoms with E-state index in [4.69, 9.17) is 9.47 Å². The lowest BCUT2D eigenvalue weighted by Crippen LogP contribution is -2.37. The molecule has 6 nitrogen and oxygen atoms in total. The van der Waals surface area contributed by atoms with Crippen molar-refractivity contribution in [2.24, 2.45) is 0 Å². The molecule has 0 saturated carbocycles. The molecular formula is C21H22F2N2O4. The van der Waals surface area contributed by atoms with E-state index in [-0.39, 0.29) is 13.1 Å². The summed E-state index contributed by atoms with van der Waals surface area (Å²) >= 11 is 0. The van der Waals surface area contributed by atoms with Gasteiger partial charge in [0.2, 0.25) is 11.8 Å². The van der Waals surface area contributed by atoms with Gasteiger partial charge in [0.25, 0.3) is 0 Å². The highest BCUT2D eigenvalue weighted by atomic mass is 19.1. The van der Waals surface area contributed by atoms with Crippen molar-refractivity contribution in [2.75, 3.05) is 32.6 Å². The van der Waals surface area contributed by atoms with Crippen molar-refractivity contribution in [1.29, 1.82) is 0 Å². The van der Waals surface area contributed by atoms with Gasteiger partial charge in [0, 0.05) is 18.2 Å². The first-order valence-corrected chi connectivity index (χ1v) is 8.82. The van der Waals surface area contributed by atoms with Crippen molar-refractivity contribution in [3.8, 4) is 11.5 Å². The molecule has 29 heavy (non-hydrogen) atoms. The third-order valence-corrected chi connectivity index (χ3v) is 4.10. The molecule has 2 aromatic carbocycles. The molecule has 0 aliphatic rings. The van der Waals surface area contributed by atoms with Gasteiger partial charge in [-0.25, -0.2) is 8.78 Å². The maximum atomic E-state index is 13.7. The van der Waals surface area contributed by atoms with Crippen molar-refractivity contribution in [3.63, 3.8) is 0 Å². The lowest BCUT2D eigenvalue weighted by molar-refractivity contribution is -0.130. The number of rotatable bonds is 8. The van der Waals surface area contributed by atoms with Crippen LogP contribution in [-0.4, -0.2) is 44.0 Å². The summed E-state index contributed by atoms with van der Waals surface area (Å²) in [6.07, 6.45) is 2.83. The molecule has 8 heteroatoms. The molecule has 0 aliphatic carbocycles. The van der Waals surface area contributed by atoms with Crippen LogP contribution in [0.1, 0.15) is 12.5 Å². The molecule has 154 valence electrons. The normalized spacial score (nSPS) is 10.7. The summed E-state index contributed by atoms with van der Waals surface area (Å²) < 4.78 is 37.7. The quantitative estimate of drug-likeness (QED) is 0.684. The summed E-state index contributed by atoms with van der Waals surface area (Å²) in [5.74, 6) is -1.80. The minimum Gasteiger partial charge on any atom is -0.497 e. The second kappa shape index (κ2) is 10.2. The van der Waals surface area contributed by atoms with Crippen LogP contribution in [0.5, 0.6) is 11.5 Å². The number of likely N-dealkylation sites (N-methyl/N-ethyl adjacent to an activating group) is 1. The summed E-state index contributed by atoms with van der Waals surface area (Å²) in [5.41, 5.74) is 0.0757. The monoisotopic (exact) mass is 404 g/mol. The first-order valence-electron chi connectivity index (χ1n) is 8.82. The zero-order valence-corrected chi connectivity index (χ0v) is 16.4. The molecule has 0 unspecified atom stereocenters. The molecule has 2 rings (SSSR count). The van der Waals surface area contributed by atoms with Crippen molar-refractivity contribution < 1.29 is 27.8 Å². The first kappa shape index (κ1) is 21.9. The van der Waals surface area contributed by atoms with Gasteiger partial charge in [-0.3, -0.25) is 9.59 Å². The van der Waals surface area contributed by atoms with Gasteiger partial charge in [-0.15, -0.1) is 0 Å². The predicted octanol–water partition coefficient (Wildman–Crippen LogP) is 3.48. The average Bonchev–Trinajstić information content (AvgIpc) is 2.72. The third-order valence-electron chi connectivity index (χ3n) is 4.10. The first-order chi connectivity index (χ1) is 13.9. The number of nitrogens with one attached hydrogen (secondary N) is 1. The van der Waals surface area contributed by atoms with Gasteiger partial charge in [-0.1, -0.05) is 6.07 Å². The average molecular weight is 404 g/mol. The summed E-state index contributed by atoms with van der Waals surface area (Å²) in [5, 5.41) is 2.16. The van der Waals surface area contributed by atoms with Crippen LogP contribution >= 0.6 is 0 Å². The minimum atomic E-state index is -0.891. The van der Waals surface area contributed by atoms with Crippen molar-refractivity contribution in [3.05, 3.63) is 59.7 Å². The van der Waals surface area contributed by atoms with E-state index in [1.54, 1.807) is 31.2 Å². The number of ether oxygens (including phenoxy) is 2. The van der Waals surface area contributed by atoms with E-state index in [0.717, 1.165) is 12.1 Å². The van der Waals surface area contributed by atoms with Crippen LogP contribution in [0.15, 0.2) is 42.5 Å². The second-order valence-electron chi connectivity index (χ2n) is 5.94.